The number of hydrogen-bond donors (Lipinski definition) is 1. The van der Waals surface area contributed by atoms with Gasteiger partial charge in [-0.2, -0.15) is 4.98 Å². The van der Waals surface area contributed by atoms with E-state index in [4.69, 9.17) is 4.42 Å². The highest BCUT2D eigenvalue weighted by molar-refractivity contribution is 7.92. The normalized spacial score (nSPS) is 19.1. The molecule has 1 amide bonds. The van der Waals surface area contributed by atoms with E-state index in [0.717, 1.165) is 19.1 Å². The Kier molecular flexibility index (Phi) is 6.97. The number of hydrogen-bond acceptors (Lipinski definition) is 7. The number of benzene rings is 1. The topological polar surface area (TPSA) is 127 Å². The van der Waals surface area contributed by atoms with Crippen LogP contribution in [0.2, 0.25) is 0 Å². The predicted molar refractivity (Wildman–Crippen MR) is 143 cm³/mol. The lowest BCUT2D eigenvalue weighted by Crippen LogP contribution is -2.33. The number of sulfonamides is 1. The number of fused-ring (bicyclic) bond motifs is 1. The highest BCUT2D eigenvalue weighted by Gasteiger charge is 2.35. The van der Waals surface area contributed by atoms with E-state index in [9.17, 15) is 26.0 Å². The van der Waals surface area contributed by atoms with Crippen molar-refractivity contribution in [2.75, 3.05) is 29.9 Å². The van der Waals surface area contributed by atoms with Crippen LogP contribution in [0.3, 0.4) is 0 Å². The molecule has 1 aliphatic heterocycles. The van der Waals surface area contributed by atoms with Gasteiger partial charge in [-0.05, 0) is 80.3 Å². The van der Waals surface area contributed by atoms with E-state index in [1.54, 1.807) is 6.07 Å². The number of sulfone groups is 1. The van der Waals surface area contributed by atoms with Crippen molar-refractivity contribution in [2.24, 2.45) is 0 Å². The van der Waals surface area contributed by atoms with Gasteiger partial charge in [0.15, 0.2) is 9.84 Å². The summed E-state index contributed by atoms with van der Waals surface area (Å²) in [6, 6.07) is 7.31. The molecule has 12 heteroatoms. The first-order chi connectivity index (χ1) is 18.0. The Bertz CT molecular complexity index is 1600. The van der Waals surface area contributed by atoms with Gasteiger partial charge in [0.05, 0.1) is 28.2 Å². The van der Waals surface area contributed by atoms with Crippen LogP contribution in [0.25, 0.3) is 22.4 Å². The third kappa shape index (κ3) is 5.15. The van der Waals surface area contributed by atoms with Crippen LogP contribution in [0.4, 0.5) is 10.2 Å². The highest BCUT2D eigenvalue weighted by Crippen LogP contribution is 2.47. The van der Waals surface area contributed by atoms with Crippen molar-refractivity contribution in [1.82, 2.24) is 10.3 Å². The summed E-state index contributed by atoms with van der Waals surface area (Å²) in [6.45, 7) is 0.0803. The van der Waals surface area contributed by atoms with Crippen LogP contribution in [-0.2, 0) is 19.9 Å². The summed E-state index contributed by atoms with van der Waals surface area (Å²) in [5.74, 6) is -0.125. The molecule has 204 valence electrons. The van der Waals surface area contributed by atoms with Gasteiger partial charge in [0.2, 0.25) is 15.7 Å². The number of furan rings is 1. The van der Waals surface area contributed by atoms with Crippen LogP contribution in [-0.4, -0.2) is 58.6 Å². The molecule has 3 heterocycles. The molecular formula is C26H30FN3O6S2. The van der Waals surface area contributed by atoms with Crippen LogP contribution in [0.5, 0.6) is 0 Å². The number of aromatic nitrogens is 1. The highest BCUT2D eigenvalue weighted by atomic mass is 32.2. The molecule has 1 saturated carbocycles. The maximum absolute atomic E-state index is 13.6. The number of rotatable bonds is 9. The van der Waals surface area contributed by atoms with Crippen molar-refractivity contribution in [3.05, 3.63) is 47.3 Å². The van der Waals surface area contributed by atoms with Gasteiger partial charge in [-0.1, -0.05) is 0 Å². The van der Waals surface area contributed by atoms with E-state index < -0.39 is 36.8 Å². The zero-order valence-corrected chi connectivity index (χ0v) is 22.9. The molecule has 0 bridgehead atoms. The second kappa shape index (κ2) is 9.96. The summed E-state index contributed by atoms with van der Waals surface area (Å²) >= 11 is 0. The summed E-state index contributed by atoms with van der Waals surface area (Å²) in [5, 5.41) is 2.61. The standard InChI is InChI=1S/C26H30FN3O6S2/c1-28-25(31)22-21-15-20(16-7-8-16)24(29-26(21)36-23(22)17-9-11-18(27)12-10-17)30(37(2,32)33)13-3-5-19-6-4-14-38(19,34)35/h9-12,15-16,19H,3-8,13-14H2,1-2H3,(H,28,31). The molecule has 1 aliphatic carbocycles. The van der Waals surface area contributed by atoms with Crippen molar-refractivity contribution in [3.63, 3.8) is 0 Å². The van der Waals surface area contributed by atoms with Crippen LogP contribution in [0, 0.1) is 5.82 Å². The zero-order valence-electron chi connectivity index (χ0n) is 21.2. The van der Waals surface area contributed by atoms with Crippen molar-refractivity contribution in [1.29, 1.82) is 0 Å². The SMILES string of the molecule is CNC(=O)c1c(-c2ccc(F)cc2)oc2nc(N(CCCC3CCCS3(=O)=O)S(C)(=O)=O)c(C3CC3)cc12. The Morgan fingerprint density at radius 1 is 1.21 bits per heavy atom. The minimum Gasteiger partial charge on any atom is -0.437 e. The summed E-state index contributed by atoms with van der Waals surface area (Å²) in [7, 11) is -5.39. The minimum absolute atomic E-state index is 0.0803. The van der Waals surface area contributed by atoms with E-state index in [1.165, 1.54) is 35.6 Å². The average molecular weight is 564 g/mol. The molecule has 2 fully saturated rings. The molecule has 38 heavy (non-hydrogen) atoms. The number of carbonyl (C=O) groups excluding carboxylic acids is 1. The number of carbonyl (C=O) groups is 1. The Hall–Kier alpha value is -2.99. The van der Waals surface area contributed by atoms with Crippen molar-refractivity contribution < 1.29 is 30.4 Å². The quantitative estimate of drug-likeness (QED) is 0.417. The van der Waals surface area contributed by atoms with E-state index in [0.29, 0.717) is 42.2 Å². The largest absolute Gasteiger partial charge is 0.437 e. The molecule has 2 aromatic heterocycles. The van der Waals surface area contributed by atoms with Crippen LogP contribution in [0.15, 0.2) is 34.7 Å². The van der Waals surface area contributed by atoms with Gasteiger partial charge in [0, 0.05) is 19.2 Å². The van der Waals surface area contributed by atoms with E-state index in [1.807, 2.05) is 0 Å². The van der Waals surface area contributed by atoms with E-state index in [-0.39, 0.29) is 41.1 Å². The molecule has 9 nitrogen and oxygen atoms in total. The number of anilines is 1. The lowest BCUT2D eigenvalue weighted by molar-refractivity contribution is 0.0964. The smallest absolute Gasteiger partial charge is 0.255 e. The van der Waals surface area contributed by atoms with Gasteiger partial charge < -0.3 is 9.73 Å². The molecule has 0 radical (unpaired) electrons. The third-order valence-electron chi connectivity index (χ3n) is 7.26. The molecule has 1 saturated heterocycles. The summed E-state index contributed by atoms with van der Waals surface area (Å²) in [6.07, 6.45) is 4.79. The molecule has 0 spiro atoms. The lowest BCUT2D eigenvalue weighted by atomic mass is 10.0. The van der Waals surface area contributed by atoms with Crippen LogP contribution in [0.1, 0.15) is 60.4 Å². The predicted octanol–water partition coefficient (Wildman–Crippen LogP) is 3.99. The maximum atomic E-state index is 13.6. The molecular weight excluding hydrogens is 533 g/mol. The zero-order chi connectivity index (χ0) is 27.2. The number of halogens is 1. The Labute approximate surface area is 221 Å². The molecule has 1 unspecified atom stereocenters. The fraction of sp³-hybridized carbons (Fsp3) is 0.462. The second-order valence-corrected chi connectivity index (χ2v) is 14.3. The Balaban J connectivity index is 1.59. The molecule has 3 aromatic rings. The molecule has 1 aromatic carbocycles. The number of nitrogens with zero attached hydrogens (tertiary/aromatic N) is 2. The van der Waals surface area contributed by atoms with Crippen molar-refractivity contribution in [2.45, 2.75) is 49.7 Å². The summed E-state index contributed by atoms with van der Waals surface area (Å²) in [4.78, 5) is 17.5. The van der Waals surface area contributed by atoms with E-state index in [2.05, 4.69) is 10.3 Å². The van der Waals surface area contributed by atoms with Gasteiger partial charge >= 0.3 is 0 Å². The third-order valence-corrected chi connectivity index (χ3v) is 10.8. The maximum Gasteiger partial charge on any atom is 0.255 e. The van der Waals surface area contributed by atoms with Crippen LogP contribution >= 0.6 is 0 Å². The van der Waals surface area contributed by atoms with Gasteiger partial charge in [0.1, 0.15) is 17.4 Å². The van der Waals surface area contributed by atoms with Gasteiger partial charge in [-0.25, -0.2) is 21.2 Å². The summed E-state index contributed by atoms with van der Waals surface area (Å²) < 4.78 is 71.2. The molecule has 1 N–H and O–H groups in total. The number of pyridine rings is 1. The fourth-order valence-corrected chi connectivity index (χ4v) is 8.03. The second-order valence-electron chi connectivity index (χ2n) is 10.0. The summed E-state index contributed by atoms with van der Waals surface area (Å²) in [5.41, 5.74) is 1.52. The molecule has 5 rings (SSSR count). The van der Waals surface area contributed by atoms with Gasteiger partial charge in [-0.3, -0.25) is 9.10 Å². The first-order valence-electron chi connectivity index (χ1n) is 12.6. The fourth-order valence-electron chi connectivity index (χ4n) is 5.15. The first-order valence-corrected chi connectivity index (χ1v) is 16.2. The van der Waals surface area contributed by atoms with Crippen molar-refractivity contribution >= 4 is 42.7 Å². The Morgan fingerprint density at radius 2 is 1.92 bits per heavy atom. The average Bonchev–Trinajstić information content (AvgIpc) is 3.56. The van der Waals surface area contributed by atoms with E-state index >= 15 is 0 Å². The Morgan fingerprint density at radius 3 is 2.50 bits per heavy atom. The van der Waals surface area contributed by atoms with Gasteiger partial charge in [-0.15, -0.1) is 0 Å². The number of nitrogens with one attached hydrogen (secondary N) is 1. The molecule has 2 aliphatic rings. The van der Waals surface area contributed by atoms with Crippen LogP contribution < -0.4 is 9.62 Å². The van der Waals surface area contributed by atoms with Gasteiger partial charge in [0.25, 0.3) is 5.91 Å². The van der Waals surface area contributed by atoms with Crippen molar-refractivity contribution in [3.8, 4) is 11.3 Å². The minimum atomic E-state index is -3.76. The molecule has 1 atom stereocenters. The number of amides is 1. The first kappa shape index (κ1) is 26.6. The lowest BCUT2D eigenvalue weighted by Gasteiger charge is -2.24. The monoisotopic (exact) mass is 563 g/mol.